The number of nitrogens with zero attached hydrogens (tertiary/aromatic N) is 1. The summed E-state index contributed by atoms with van der Waals surface area (Å²) in [6.07, 6.45) is 1.80. The zero-order valence-corrected chi connectivity index (χ0v) is 9.80. The van der Waals surface area contributed by atoms with Gasteiger partial charge in [-0.2, -0.15) is 0 Å². The van der Waals surface area contributed by atoms with Crippen LogP contribution in [0.5, 0.6) is 0 Å². The third-order valence-electron chi connectivity index (χ3n) is 2.67. The summed E-state index contributed by atoms with van der Waals surface area (Å²) in [5.41, 5.74) is -0.159. The standard InChI is InChI=1S/C11H20N2O2/c1-11(2)7-9(14)13(10(15)8-11)6-4-5-12-3/h12H,4-8H2,1-3H3. The second-order valence-electron chi connectivity index (χ2n) is 4.91. The molecule has 15 heavy (non-hydrogen) atoms. The Morgan fingerprint density at radius 2 is 1.80 bits per heavy atom. The smallest absolute Gasteiger partial charge is 0.229 e. The summed E-state index contributed by atoms with van der Waals surface area (Å²) < 4.78 is 0. The molecule has 1 aliphatic heterocycles. The molecule has 0 aliphatic carbocycles. The van der Waals surface area contributed by atoms with Crippen LogP contribution in [0.4, 0.5) is 0 Å². The first-order valence-electron chi connectivity index (χ1n) is 5.44. The normalized spacial score (nSPS) is 20.9. The largest absolute Gasteiger partial charge is 0.320 e. The lowest BCUT2D eigenvalue weighted by Gasteiger charge is -2.34. The van der Waals surface area contributed by atoms with E-state index in [1.54, 1.807) is 0 Å². The van der Waals surface area contributed by atoms with Crippen LogP contribution in [-0.2, 0) is 9.59 Å². The van der Waals surface area contributed by atoms with Crippen molar-refractivity contribution in [2.24, 2.45) is 5.41 Å². The van der Waals surface area contributed by atoms with Crippen LogP contribution < -0.4 is 5.32 Å². The van der Waals surface area contributed by atoms with Gasteiger partial charge in [0, 0.05) is 19.4 Å². The third-order valence-corrected chi connectivity index (χ3v) is 2.67. The molecule has 0 saturated carbocycles. The highest BCUT2D eigenvalue weighted by molar-refractivity contribution is 5.98. The van der Waals surface area contributed by atoms with Crippen LogP contribution in [0, 0.1) is 5.41 Å². The number of carbonyl (C=O) groups is 2. The maximum absolute atomic E-state index is 11.7. The molecular formula is C11H20N2O2. The van der Waals surface area contributed by atoms with Gasteiger partial charge in [0.25, 0.3) is 0 Å². The van der Waals surface area contributed by atoms with Crippen LogP contribution in [-0.4, -0.2) is 36.9 Å². The molecule has 0 spiro atoms. The average Bonchev–Trinajstić information content (AvgIpc) is 2.08. The Hall–Kier alpha value is -0.900. The van der Waals surface area contributed by atoms with Gasteiger partial charge >= 0.3 is 0 Å². The maximum Gasteiger partial charge on any atom is 0.229 e. The first kappa shape index (κ1) is 12.2. The Bertz CT molecular complexity index is 241. The van der Waals surface area contributed by atoms with Gasteiger partial charge in [0.2, 0.25) is 11.8 Å². The SMILES string of the molecule is CNCCCN1C(=O)CC(C)(C)CC1=O. The van der Waals surface area contributed by atoms with Gasteiger partial charge in [0.05, 0.1) is 0 Å². The van der Waals surface area contributed by atoms with Crippen molar-refractivity contribution in [1.82, 2.24) is 10.2 Å². The predicted molar refractivity (Wildman–Crippen MR) is 58.3 cm³/mol. The fourth-order valence-electron chi connectivity index (χ4n) is 1.87. The van der Waals surface area contributed by atoms with Crippen molar-refractivity contribution in [3.8, 4) is 0 Å². The van der Waals surface area contributed by atoms with E-state index >= 15 is 0 Å². The number of rotatable bonds is 4. The monoisotopic (exact) mass is 212 g/mol. The van der Waals surface area contributed by atoms with E-state index in [0.29, 0.717) is 19.4 Å². The van der Waals surface area contributed by atoms with Gasteiger partial charge in [0.1, 0.15) is 0 Å². The molecule has 4 nitrogen and oxygen atoms in total. The van der Waals surface area contributed by atoms with Gasteiger partial charge in [-0.1, -0.05) is 13.8 Å². The predicted octanol–water partition coefficient (Wildman–Crippen LogP) is 0.771. The molecule has 1 rings (SSSR count). The highest BCUT2D eigenvalue weighted by atomic mass is 16.2. The summed E-state index contributed by atoms with van der Waals surface area (Å²) >= 11 is 0. The molecule has 1 saturated heterocycles. The van der Waals surface area contributed by atoms with Crippen LogP contribution in [0.2, 0.25) is 0 Å². The summed E-state index contributed by atoms with van der Waals surface area (Å²) in [7, 11) is 1.86. The number of imide groups is 1. The molecule has 0 unspecified atom stereocenters. The average molecular weight is 212 g/mol. The molecule has 1 heterocycles. The first-order valence-corrected chi connectivity index (χ1v) is 5.44. The lowest BCUT2D eigenvalue weighted by Crippen LogP contribution is -2.46. The molecule has 0 radical (unpaired) electrons. The van der Waals surface area contributed by atoms with Crippen LogP contribution in [0.15, 0.2) is 0 Å². The van der Waals surface area contributed by atoms with Crippen LogP contribution in [0.25, 0.3) is 0 Å². The lowest BCUT2D eigenvalue weighted by atomic mass is 9.82. The summed E-state index contributed by atoms with van der Waals surface area (Å²) in [6.45, 7) is 5.32. The molecule has 1 N–H and O–H groups in total. The van der Waals surface area contributed by atoms with Crippen LogP contribution in [0.3, 0.4) is 0 Å². The van der Waals surface area contributed by atoms with Crippen molar-refractivity contribution in [1.29, 1.82) is 0 Å². The molecule has 0 aromatic carbocycles. The topological polar surface area (TPSA) is 49.4 Å². The highest BCUT2D eigenvalue weighted by Gasteiger charge is 2.36. The number of amides is 2. The quantitative estimate of drug-likeness (QED) is 0.553. The summed E-state index contributed by atoms with van der Waals surface area (Å²) in [5.74, 6) is -0.0419. The Morgan fingerprint density at radius 3 is 2.27 bits per heavy atom. The molecule has 2 amide bonds. The molecule has 0 aromatic rings. The van der Waals surface area contributed by atoms with E-state index < -0.39 is 0 Å². The van der Waals surface area contributed by atoms with Crippen molar-refractivity contribution in [3.05, 3.63) is 0 Å². The zero-order chi connectivity index (χ0) is 11.5. The molecular weight excluding hydrogens is 192 g/mol. The zero-order valence-electron chi connectivity index (χ0n) is 9.80. The van der Waals surface area contributed by atoms with E-state index in [1.807, 2.05) is 20.9 Å². The van der Waals surface area contributed by atoms with E-state index in [1.165, 1.54) is 4.90 Å². The molecule has 86 valence electrons. The maximum atomic E-state index is 11.7. The molecule has 0 atom stereocenters. The lowest BCUT2D eigenvalue weighted by molar-refractivity contribution is -0.152. The van der Waals surface area contributed by atoms with E-state index in [2.05, 4.69) is 5.32 Å². The van der Waals surface area contributed by atoms with E-state index in [0.717, 1.165) is 13.0 Å². The van der Waals surface area contributed by atoms with Crippen molar-refractivity contribution < 1.29 is 9.59 Å². The molecule has 1 aliphatic rings. The number of likely N-dealkylation sites (tertiary alicyclic amines) is 1. The third kappa shape index (κ3) is 3.30. The minimum atomic E-state index is -0.159. The minimum Gasteiger partial charge on any atom is -0.320 e. The van der Waals surface area contributed by atoms with Crippen molar-refractivity contribution in [3.63, 3.8) is 0 Å². The second kappa shape index (κ2) is 4.75. The number of carbonyl (C=O) groups excluding carboxylic acids is 2. The minimum absolute atomic E-state index is 0.0210. The number of nitrogens with one attached hydrogen (secondary N) is 1. The van der Waals surface area contributed by atoms with Gasteiger partial charge < -0.3 is 5.32 Å². The van der Waals surface area contributed by atoms with E-state index in [9.17, 15) is 9.59 Å². The van der Waals surface area contributed by atoms with Crippen LogP contribution >= 0.6 is 0 Å². The Labute approximate surface area is 91.0 Å². The summed E-state index contributed by atoms with van der Waals surface area (Å²) in [5, 5.41) is 3.00. The van der Waals surface area contributed by atoms with Crippen LogP contribution in [0.1, 0.15) is 33.1 Å². The van der Waals surface area contributed by atoms with Gasteiger partial charge in [-0.25, -0.2) is 0 Å². The fraction of sp³-hybridized carbons (Fsp3) is 0.818. The summed E-state index contributed by atoms with van der Waals surface area (Å²) in [6, 6.07) is 0. The van der Waals surface area contributed by atoms with Gasteiger partial charge in [-0.15, -0.1) is 0 Å². The van der Waals surface area contributed by atoms with Gasteiger partial charge in [0.15, 0.2) is 0 Å². The molecule has 1 fully saturated rings. The highest BCUT2D eigenvalue weighted by Crippen LogP contribution is 2.31. The number of piperidine rings is 1. The molecule has 4 heteroatoms. The number of hydrogen-bond acceptors (Lipinski definition) is 3. The van der Waals surface area contributed by atoms with Crippen molar-refractivity contribution in [2.75, 3.05) is 20.1 Å². The van der Waals surface area contributed by atoms with Crippen molar-refractivity contribution in [2.45, 2.75) is 33.1 Å². The first-order chi connectivity index (χ1) is 6.96. The fourth-order valence-corrected chi connectivity index (χ4v) is 1.87. The van der Waals surface area contributed by atoms with Gasteiger partial charge in [-0.3, -0.25) is 14.5 Å². The Balaban J connectivity index is 2.52. The second-order valence-corrected chi connectivity index (χ2v) is 4.91. The Kier molecular flexibility index (Phi) is 3.85. The molecule has 0 bridgehead atoms. The van der Waals surface area contributed by atoms with Crippen molar-refractivity contribution >= 4 is 11.8 Å². The van der Waals surface area contributed by atoms with E-state index in [4.69, 9.17) is 0 Å². The summed E-state index contributed by atoms with van der Waals surface area (Å²) in [4.78, 5) is 24.8. The number of hydrogen-bond donors (Lipinski definition) is 1. The Morgan fingerprint density at radius 1 is 1.27 bits per heavy atom. The molecule has 0 aromatic heterocycles. The van der Waals surface area contributed by atoms with E-state index in [-0.39, 0.29) is 17.2 Å². The van der Waals surface area contributed by atoms with Gasteiger partial charge in [-0.05, 0) is 25.4 Å².